The van der Waals surface area contributed by atoms with E-state index in [1.807, 2.05) is 44.2 Å². The minimum atomic E-state index is -0.851. The van der Waals surface area contributed by atoms with Crippen molar-refractivity contribution < 1.29 is 23.8 Å². The molecule has 6 heteroatoms. The van der Waals surface area contributed by atoms with Gasteiger partial charge in [0.2, 0.25) is 0 Å². The smallest absolute Gasteiger partial charge is 0.337 e. The van der Waals surface area contributed by atoms with Crippen LogP contribution in [0.4, 0.5) is 0 Å². The van der Waals surface area contributed by atoms with Crippen molar-refractivity contribution >= 4 is 11.9 Å². The van der Waals surface area contributed by atoms with Crippen molar-refractivity contribution in [3.05, 3.63) is 35.9 Å². The summed E-state index contributed by atoms with van der Waals surface area (Å²) in [6.45, 7) is 8.28. The first-order valence-electron chi connectivity index (χ1n) is 9.34. The molecule has 0 unspecified atom stereocenters. The second kappa shape index (κ2) is 12.4. The molecular formula is C20H31NO5. The fourth-order valence-electron chi connectivity index (χ4n) is 2.74. The zero-order chi connectivity index (χ0) is 19.4. The van der Waals surface area contributed by atoms with E-state index in [0.29, 0.717) is 19.6 Å². The Bertz CT molecular complexity index is 534. The van der Waals surface area contributed by atoms with Crippen molar-refractivity contribution in [3.8, 4) is 0 Å². The number of hydrogen-bond donors (Lipinski definition) is 1. The molecule has 0 spiro atoms. The van der Waals surface area contributed by atoms with E-state index in [1.165, 1.54) is 0 Å². The molecule has 0 radical (unpaired) electrons. The lowest BCUT2D eigenvalue weighted by Crippen LogP contribution is -2.47. The molecule has 3 atom stereocenters. The number of hydrogen-bond acceptors (Lipinski definition) is 6. The van der Waals surface area contributed by atoms with Crippen LogP contribution >= 0.6 is 0 Å². The first kappa shape index (κ1) is 22.1. The molecule has 1 aromatic carbocycles. The van der Waals surface area contributed by atoms with E-state index in [4.69, 9.17) is 14.2 Å². The topological polar surface area (TPSA) is 73.9 Å². The monoisotopic (exact) mass is 365 g/mol. The van der Waals surface area contributed by atoms with Gasteiger partial charge in [-0.2, -0.15) is 0 Å². The zero-order valence-electron chi connectivity index (χ0n) is 16.2. The Labute approximate surface area is 156 Å². The third kappa shape index (κ3) is 6.77. The van der Waals surface area contributed by atoms with Crippen molar-refractivity contribution in [2.75, 3.05) is 19.8 Å². The van der Waals surface area contributed by atoms with Gasteiger partial charge in [0.05, 0.1) is 19.3 Å². The summed E-state index contributed by atoms with van der Waals surface area (Å²) >= 11 is 0. The van der Waals surface area contributed by atoms with Gasteiger partial charge in [0, 0.05) is 6.61 Å². The summed E-state index contributed by atoms with van der Waals surface area (Å²) in [5.41, 5.74) is 0.851. The molecule has 0 aliphatic heterocycles. The zero-order valence-corrected chi connectivity index (χ0v) is 16.2. The second-order valence-corrected chi connectivity index (χ2v) is 5.78. The molecule has 0 heterocycles. The van der Waals surface area contributed by atoms with E-state index in [1.54, 1.807) is 13.8 Å². The number of carbonyl (C=O) groups is 2. The maximum atomic E-state index is 12.5. The second-order valence-electron chi connectivity index (χ2n) is 5.78. The highest BCUT2D eigenvalue weighted by Gasteiger charge is 2.34. The van der Waals surface area contributed by atoms with Crippen molar-refractivity contribution in [2.45, 2.75) is 58.7 Å². The molecule has 0 aliphatic rings. The van der Waals surface area contributed by atoms with Crippen LogP contribution in [-0.4, -0.2) is 43.9 Å². The normalized spacial score (nSPS) is 14.3. The largest absolute Gasteiger partial charge is 0.465 e. The van der Waals surface area contributed by atoms with Crippen LogP contribution in [0.5, 0.6) is 0 Å². The third-order valence-corrected chi connectivity index (χ3v) is 3.86. The standard InChI is InChI=1S/C20H31NO5/c1-5-12-16(19(22)25-7-3)21-17(15-13-10-9-11-14-15)18(24-6-2)20(23)26-8-4/h9-11,13-14,16-18,21H,5-8,12H2,1-4H3/t16-,17-,18+/m1/s1. The van der Waals surface area contributed by atoms with E-state index < -0.39 is 24.2 Å². The maximum absolute atomic E-state index is 12.5. The average Bonchev–Trinajstić information content (AvgIpc) is 2.64. The molecule has 146 valence electrons. The minimum Gasteiger partial charge on any atom is -0.465 e. The molecule has 0 fully saturated rings. The van der Waals surface area contributed by atoms with Gasteiger partial charge in [0.1, 0.15) is 6.04 Å². The number of nitrogens with one attached hydrogen (secondary N) is 1. The van der Waals surface area contributed by atoms with Gasteiger partial charge in [-0.1, -0.05) is 43.7 Å². The Balaban J connectivity index is 3.17. The third-order valence-electron chi connectivity index (χ3n) is 3.86. The van der Waals surface area contributed by atoms with Crippen LogP contribution in [-0.2, 0) is 23.8 Å². The van der Waals surface area contributed by atoms with Crippen LogP contribution in [0.3, 0.4) is 0 Å². The minimum absolute atomic E-state index is 0.264. The molecule has 0 saturated heterocycles. The molecule has 1 aromatic rings. The van der Waals surface area contributed by atoms with E-state index in [0.717, 1.165) is 12.0 Å². The average molecular weight is 365 g/mol. The van der Waals surface area contributed by atoms with E-state index >= 15 is 0 Å². The van der Waals surface area contributed by atoms with Crippen LogP contribution in [0.25, 0.3) is 0 Å². The Morgan fingerprint density at radius 3 is 2.08 bits per heavy atom. The predicted molar refractivity (Wildman–Crippen MR) is 99.7 cm³/mol. The highest BCUT2D eigenvalue weighted by atomic mass is 16.6. The molecule has 0 amide bonds. The lowest BCUT2D eigenvalue weighted by molar-refractivity contribution is -0.160. The van der Waals surface area contributed by atoms with E-state index in [-0.39, 0.29) is 12.6 Å². The molecule has 6 nitrogen and oxygen atoms in total. The summed E-state index contributed by atoms with van der Waals surface area (Å²) in [5, 5.41) is 3.28. The molecule has 0 bridgehead atoms. The lowest BCUT2D eigenvalue weighted by Gasteiger charge is -2.30. The SMILES string of the molecule is CCC[C@@H](N[C@H](c1ccccc1)[C@H](OCC)C(=O)OCC)C(=O)OCC. The van der Waals surface area contributed by atoms with E-state index in [9.17, 15) is 9.59 Å². The quantitative estimate of drug-likeness (QED) is 0.574. The highest BCUT2D eigenvalue weighted by molar-refractivity contribution is 5.78. The first-order valence-corrected chi connectivity index (χ1v) is 9.34. The summed E-state index contributed by atoms with van der Waals surface area (Å²) in [7, 11) is 0. The van der Waals surface area contributed by atoms with Crippen LogP contribution in [0, 0.1) is 0 Å². The number of esters is 2. The summed E-state index contributed by atoms with van der Waals surface area (Å²) < 4.78 is 16.1. The summed E-state index contributed by atoms with van der Waals surface area (Å²) in [6.07, 6.45) is 0.553. The molecule has 0 saturated carbocycles. The van der Waals surface area contributed by atoms with Crippen LogP contribution < -0.4 is 5.32 Å². The highest BCUT2D eigenvalue weighted by Crippen LogP contribution is 2.22. The van der Waals surface area contributed by atoms with Gasteiger partial charge in [0.15, 0.2) is 6.10 Å². The van der Waals surface area contributed by atoms with Gasteiger partial charge in [-0.3, -0.25) is 10.1 Å². The number of ether oxygens (including phenoxy) is 3. The van der Waals surface area contributed by atoms with Crippen LogP contribution in [0.1, 0.15) is 52.1 Å². The molecular weight excluding hydrogens is 334 g/mol. The van der Waals surface area contributed by atoms with Gasteiger partial charge < -0.3 is 14.2 Å². The van der Waals surface area contributed by atoms with Crippen LogP contribution in [0.2, 0.25) is 0 Å². The van der Waals surface area contributed by atoms with Gasteiger partial charge in [-0.15, -0.1) is 0 Å². The van der Waals surface area contributed by atoms with Gasteiger partial charge in [-0.25, -0.2) is 4.79 Å². The van der Waals surface area contributed by atoms with Crippen molar-refractivity contribution in [2.24, 2.45) is 0 Å². The molecule has 26 heavy (non-hydrogen) atoms. The Kier molecular flexibility index (Phi) is 10.6. The molecule has 0 aromatic heterocycles. The predicted octanol–water partition coefficient (Wildman–Crippen LogP) is 3.02. The maximum Gasteiger partial charge on any atom is 0.337 e. The van der Waals surface area contributed by atoms with E-state index in [2.05, 4.69) is 5.32 Å². The van der Waals surface area contributed by atoms with Crippen molar-refractivity contribution in [3.63, 3.8) is 0 Å². The summed E-state index contributed by atoms with van der Waals surface area (Å²) in [4.78, 5) is 24.8. The fourth-order valence-corrected chi connectivity index (χ4v) is 2.74. The molecule has 0 aliphatic carbocycles. The Hall–Kier alpha value is -1.92. The van der Waals surface area contributed by atoms with Gasteiger partial charge >= 0.3 is 11.9 Å². The van der Waals surface area contributed by atoms with Gasteiger partial charge in [-0.05, 0) is 32.8 Å². The van der Waals surface area contributed by atoms with Crippen molar-refractivity contribution in [1.29, 1.82) is 0 Å². The lowest BCUT2D eigenvalue weighted by atomic mass is 9.99. The van der Waals surface area contributed by atoms with Crippen molar-refractivity contribution in [1.82, 2.24) is 5.32 Å². The number of benzene rings is 1. The van der Waals surface area contributed by atoms with Gasteiger partial charge in [0.25, 0.3) is 0 Å². The van der Waals surface area contributed by atoms with Crippen LogP contribution in [0.15, 0.2) is 30.3 Å². The molecule has 1 N–H and O–H groups in total. The Morgan fingerprint density at radius 1 is 0.923 bits per heavy atom. The molecule has 1 rings (SSSR count). The Morgan fingerprint density at radius 2 is 1.54 bits per heavy atom. The summed E-state index contributed by atoms with van der Waals surface area (Å²) in [5.74, 6) is -0.774. The first-order chi connectivity index (χ1) is 12.6. The number of carbonyl (C=O) groups excluding carboxylic acids is 2. The summed E-state index contributed by atoms with van der Waals surface area (Å²) in [6, 6.07) is 8.43. The fraction of sp³-hybridized carbons (Fsp3) is 0.600. The number of rotatable bonds is 12.